The highest BCUT2D eigenvalue weighted by molar-refractivity contribution is 6.30. The maximum Gasteiger partial charge on any atom is 0.318 e. The Morgan fingerprint density at radius 2 is 1.92 bits per heavy atom. The predicted octanol–water partition coefficient (Wildman–Crippen LogP) is 3.00. The second kappa shape index (κ2) is 6.97. The van der Waals surface area contributed by atoms with Crippen LogP contribution in [0.3, 0.4) is 0 Å². The molecule has 2 heterocycles. The molecule has 4 N–H and O–H groups in total. The zero-order valence-electron chi connectivity index (χ0n) is 13.2. The zero-order valence-corrected chi connectivity index (χ0v) is 13.9. The van der Waals surface area contributed by atoms with Gasteiger partial charge in [-0.25, -0.2) is 0 Å². The first-order valence-electron chi connectivity index (χ1n) is 7.83. The second-order valence-corrected chi connectivity index (χ2v) is 6.16. The first-order valence-corrected chi connectivity index (χ1v) is 8.21. The third-order valence-corrected chi connectivity index (χ3v) is 4.18. The molecule has 1 aromatic heterocycles. The van der Waals surface area contributed by atoms with Gasteiger partial charge < -0.3 is 20.8 Å². The summed E-state index contributed by atoms with van der Waals surface area (Å²) in [5.74, 6) is -0.151. The van der Waals surface area contributed by atoms with Crippen LogP contribution in [0.4, 0.5) is 5.69 Å². The standard InChI is InChI=1S/C17H19ClN4O2/c18-12-6-4-5-11(9-12)14-10-13(22-7-2-1-3-8-22)15(24-14)16(23)21-17(19)20/h4-6,9-10H,1-3,7-8H2,(H4,19,20,21,23). The molecule has 0 saturated carbocycles. The Hall–Kier alpha value is -2.47. The SMILES string of the molecule is NC(N)=NC(=O)c1oc(-c2cccc(Cl)c2)cc1N1CCCCC1. The van der Waals surface area contributed by atoms with Gasteiger partial charge >= 0.3 is 5.91 Å². The lowest BCUT2D eigenvalue weighted by Crippen LogP contribution is -2.30. The molecule has 24 heavy (non-hydrogen) atoms. The van der Waals surface area contributed by atoms with Crippen molar-refractivity contribution < 1.29 is 9.21 Å². The van der Waals surface area contributed by atoms with Gasteiger partial charge in [0.1, 0.15) is 5.76 Å². The Balaban J connectivity index is 2.04. The molecule has 1 aliphatic heterocycles. The summed E-state index contributed by atoms with van der Waals surface area (Å²) in [5, 5.41) is 0.598. The minimum atomic E-state index is -0.580. The molecule has 0 spiro atoms. The first kappa shape index (κ1) is 16.4. The Labute approximate surface area is 145 Å². The molecule has 0 aliphatic carbocycles. The van der Waals surface area contributed by atoms with Crippen molar-refractivity contribution in [1.82, 2.24) is 0 Å². The number of carbonyl (C=O) groups is 1. The maximum absolute atomic E-state index is 12.3. The third-order valence-electron chi connectivity index (χ3n) is 3.94. The number of hydrogen-bond donors (Lipinski definition) is 2. The number of carbonyl (C=O) groups excluding carboxylic acids is 1. The molecule has 0 bridgehead atoms. The van der Waals surface area contributed by atoms with E-state index in [-0.39, 0.29) is 11.7 Å². The molecule has 0 radical (unpaired) electrons. The molecule has 126 valence electrons. The Kier molecular flexibility index (Phi) is 4.76. The predicted molar refractivity (Wildman–Crippen MR) is 95.4 cm³/mol. The zero-order chi connectivity index (χ0) is 17.1. The van der Waals surface area contributed by atoms with Crippen LogP contribution in [0.1, 0.15) is 29.8 Å². The van der Waals surface area contributed by atoms with Crippen molar-refractivity contribution in [2.75, 3.05) is 18.0 Å². The smallest absolute Gasteiger partial charge is 0.318 e. The number of amides is 1. The van der Waals surface area contributed by atoms with E-state index < -0.39 is 5.91 Å². The molecule has 3 rings (SSSR count). The van der Waals surface area contributed by atoms with Crippen molar-refractivity contribution in [2.45, 2.75) is 19.3 Å². The number of piperidine rings is 1. The number of guanidine groups is 1. The van der Waals surface area contributed by atoms with Crippen molar-refractivity contribution in [2.24, 2.45) is 16.5 Å². The third kappa shape index (κ3) is 3.54. The lowest BCUT2D eigenvalue weighted by molar-refractivity contribution is 0.0977. The number of furan rings is 1. The monoisotopic (exact) mass is 346 g/mol. The van der Waals surface area contributed by atoms with Crippen molar-refractivity contribution >= 4 is 29.2 Å². The maximum atomic E-state index is 12.3. The van der Waals surface area contributed by atoms with Crippen LogP contribution < -0.4 is 16.4 Å². The Morgan fingerprint density at radius 1 is 1.17 bits per heavy atom. The highest BCUT2D eigenvalue weighted by atomic mass is 35.5. The number of hydrogen-bond acceptors (Lipinski definition) is 3. The van der Waals surface area contributed by atoms with Gasteiger partial charge in [0.15, 0.2) is 5.96 Å². The van der Waals surface area contributed by atoms with Gasteiger partial charge in [0.25, 0.3) is 0 Å². The van der Waals surface area contributed by atoms with Gasteiger partial charge in [0, 0.05) is 29.7 Å². The number of anilines is 1. The fourth-order valence-electron chi connectivity index (χ4n) is 2.86. The molecule has 1 saturated heterocycles. The number of nitrogens with zero attached hydrogens (tertiary/aromatic N) is 2. The van der Waals surface area contributed by atoms with Crippen LogP contribution in [0.2, 0.25) is 5.02 Å². The minimum absolute atomic E-state index is 0.153. The molecule has 1 aliphatic rings. The minimum Gasteiger partial charge on any atom is -0.449 e. The van der Waals surface area contributed by atoms with Crippen LogP contribution in [0.25, 0.3) is 11.3 Å². The van der Waals surface area contributed by atoms with Gasteiger partial charge in [-0.2, -0.15) is 4.99 Å². The molecule has 7 heteroatoms. The van der Waals surface area contributed by atoms with E-state index in [1.165, 1.54) is 6.42 Å². The van der Waals surface area contributed by atoms with Crippen LogP contribution in [0.5, 0.6) is 0 Å². The number of rotatable bonds is 3. The molecule has 2 aromatic rings. The number of aliphatic imine (C=N–C) groups is 1. The summed E-state index contributed by atoms with van der Waals surface area (Å²) in [5.41, 5.74) is 12.2. The lowest BCUT2D eigenvalue weighted by atomic mass is 10.1. The van der Waals surface area contributed by atoms with Gasteiger partial charge in [-0.15, -0.1) is 0 Å². The molecule has 0 atom stereocenters. The Bertz CT molecular complexity index is 775. The van der Waals surface area contributed by atoms with Crippen molar-refractivity contribution in [3.05, 3.63) is 41.1 Å². The van der Waals surface area contributed by atoms with E-state index in [4.69, 9.17) is 27.5 Å². The normalized spacial score (nSPS) is 14.5. The average Bonchev–Trinajstić information content (AvgIpc) is 3.00. The van der Waals surface area contributed by atoms with Gasteiger partial charge in [0.2, 0.25) is 5.76 Å². The van der Waals surface area contributed by atoms with Crippen molar-refractivity contribution in [3.63, 3.8) is 0 Å². The quantitative estimate of drug-likeness (QED) is 0.657. The summed E-state index contributed by atoms with van der Waals surface area (Å²) in [6, 6.07) is 9.13. The van der Waals surface area contributed by atoms with Gasteiger partial charge in [-0.05, 0) is 31.4 Å². The first-order chi connectivity index (χ1) is 11.5. The van der Waals surface area contributed by atoms with E-state index in [1.54, 1.807) is 12.1 Å². The van der Waals surface area contributed by atoms with E-state index in [1.807, 2.05) is 18.2 Å². The van der Waals surface area contributed by atoms with Crippen LogP contribution in [-0.2, 0) is 0 Å². The lowest BCUT2D eigenvalue weighted by Gasteiger charge is -2.27. The highest BCUT2D eigenvalue weighted by Crippen LogP contribution is 2.34. The summed E-state index contributed by atoms with van der Waals surface area (Å²) in [7, 11) is 0. The van der Waals surface area contributed by atoms with Crippen LogP contribution in [-0.4, -0.2) is 25.0 Å². The fraction of sp³-hybridized carbons (Fsp3) is 0.294. The topological polar surface area (TPSA) is 97.8 Å². The summed E-state index contributed by atoms with van der Waals surface area (Å²) in [4.78, 5) is 18.1. The van der Waals surface area contributed by atoms with Crippen molar-refractivity contribution in [3.8, 4) is 11.3 Å². The molecule has 0 unspecified atom stereocenters. The van der Waals surface area contributed by atoms with E-state index in [9.17, 15) is 4.79 Å². The van der Waals surface area contributed by atoms with Crippen molar-refractivity contribution in [1.29, 1.82) is 0 Å². The summed E-state index contributed by atoms with van der Waals surface area (Å²) in [6.07, 6.45) is 3.34. The molecule has 6 nitrogen and oxygen atoms in total. The van der Waals surface area contributed by atoms with E-state index in [0.717, 1.165) is 37.2 Å². The van der Waals surface area contributed by atoms with Crippen LogP contribution in [0.15, 0.2) is 39.7 Å². The van der Waals surface area contributed by atoms with Gasteiger partial charge in [-0.3, -0.25) is 4.79 Å². The average molecular weight is 347 g/mol. The fourth-order valence-corrected chi connectivity index (χ4v) is 3.05. The molecule has 1 amide bonds. The molecule has 1 aromatic carbocycles. The highest BCUT2D eigenvalue weighted by Gasteiger charge is 2.24. The second-order valence-electron chi connectivity index (χ2n) is 5.72. The van der Waals surface area contributed by atoms with E-state index in [2.05, 4.69) is 9.89 Å². The van der Waals surface area contributed by atoms with Crippen LogP contribution >= 0.6 is 11.6 Å². The molecular weight excluding hydrogens is 328 g/mol. The summed E-state index contributed by atoms with van der Waals surface area (Å²) < 4.78 is 5.80. The van der Waals surface area contributed by atoms with E-state index in [0.29, 0.717) is 10.8 Å². The van der Waals surface area contributed by atoms with Gasteiger partial charge in [-0.1, -0.05) is 23.7 Å². The summed E-state index contributed by atoms with van der Waals surface area (Å²) >= 11 is 6.05. The van der Waals surface area contributed by atoms with Crippen LogP contribution in [0, 0.1) is 0 Å². The Morgan fingerprint density at radius 3 is 2.58 bits per heavy atom. The number of benzene rings is 1. The van der Waals surface area contributed by atoms with E-state index >= 15 is 0 Å². The van der Waals surface area contributed by atoms with Gasteiger partial charge in [0.05, 0.1) is 5.69 Å². The molecule has 1 fully saturated rings. The summed E-state index contributed by atoms with van der Waals surface area (Å²) in [6.45, 7) is 1.74. The largest absolute Gasteiger partial charge is 0.449 e. The number of nitrogens with two attached hydrogens (primary N) is 2. The number of halogens is 1. The molecular formula is C17H19ClN4O2.